The number of Topliss-reactive ketones (excluding diaryl/α,β-unsaturated/α-hetero) is 1. The molecule has 4 rings (SSSR count). The summed E-state index contributed by atoms with van der Waals surface area (Å²) in [5, 5.41) is 40.5. The predicted octanol–water partition coefficient (Wildman–Crippen LogP) is 5.56. The van der Waals surface area contributed by atoms with Gasteiger partial charge in [0.25, 0.3) is 11.7 Å². The molecular formula is C46H74N2O11. The summed E-state index contributed by atoms with van der Waals surface area (Å²) in [6.45, 7) is 11.6. The van der Waals surface area contributed by atoms with Crippen molar-refractivity contribution in [2.75, 3.05) is 34.5 Å². The highest BCUT2D eigenvalue weighted by Gasteiger charge is 2.56. The van der Waals surface area contributed by atoms with Crippen LogP contribution in [0.3, 0.4) is 0 Å². The Labute approximate surface area is 353 Å². The zero-order chi connectivity index (χ0) is 44.0. The van der Waals surface area contributed by atoms with E-state index in [1.54, 1.807) is 28.3 Å². The van der Waals surface area contributed by atoms with Crippen molar-refractivity contribution >= 4 is 23.4 Å². The number of hydrogen-bond acceptors (Lipinski definition) is 12. The van der Waals surface area contributed by atoms with Crippen LogP contribution in [0, 0.1) is 47.3 Å². The molecule has 13 atom stereocenters. The van der Waals surface area contributed by atoms with Crippen molar-refractivity contribution in [2.45, 2.75) is 167 Å². The molecular weight excluding hydrogens is 757 g/mol. The van der Waals surface area contributed by atoms with Crippen LogP contribution in [0.15, 0.2) is 23.3 Å². The summed E-state index contributed by atoms with van der Waals surface area (Å²) in [5.74, 6) is -4.54. The Hall–Kier alpha value is -2.96. The summed E-state index contributed by atoms with van der Waals surface area (Å²) >= 11 is 0. The van der Waals surface area contributed by atoms with Gasteiger partial charge in [0.05, 0.1) is 24.4 Å². The summed E-state index contributed by atoms with van der Waals surface area (Å²) in [4.78, 5) is 43.9. The Morgan fingerprint density at radius 2 is 1.68 bits per heavy atom. The second kappa shape index (κ2) is 23.9. The molecule has 3 fully saturated rings. The molecule has 1 aliphatic carbocycles. The summed E-state index contributed by atoms with van der Waals surface area (Å²) in [6, 6.07) is -1.07. The van der Waals surface area contributed by atoms with Crippen LogP contribution < -0.4 is 0 Å². The van der Waals surface area contributed by atoms with Crippen LogP contribution in [0.25, 0.3) is 0 Å². The molecule has 0 aromatic heterocycles. The largest absolute Gasteiger partial charge is 0.456 e. The number of methoxy groups -OCH3 is 3. The van der Waals surface area contributed by atoms with E-state index in [2.05, 4.69) is 25.5 Å². The van der Waals surface area contributed by atoms with E-state index in [1.165, 1.54) is 4.90 Å². The standard InChI is InChI=1S/C43H70N2O10.C3H4O/c1-10-31-19-25(2)18-26(3)20-36(52-8)39-37(53-9)22-28(5)43(50,55-39)40(47)41(48)45-17-12-11-16-34(45)42(49)54-38(29(6)35(46)24-33(31)44)27(4)21-30-14-13-15-32(23-30)51-7;1-2-3-4/h19,21,26,28-32,34-39,44,46,50H,10-18,20,22-24H2,1-9H3;1,4H,3H2/b25-19+,27-21+,44-33?;/t26-,28+,29+,30-,31+,32-,34-,35-,36-,37-,38+,39+,43+;/m0./s1. The monoisotopic (exact) mass is 831 g/mol. The van der Waals surface area contributed by atoms with Crippen LogP contribution in [-0.4, -0.2) is 127 Å². The number of aliphatic hydroxyl groups excluding tert-OH is 2. The van der Waals surface area contributed by atoms with Crippen LogP contribution in [0.5, 0.6) is 0 Å². The number of ketones is 1. The SMILES string of the molecule is C#CCO.CC[C@@H]1/C=C(\C)C[C@H](C)C[C@H](OC)[C@H]2O[C@@](O)(C(=O)C(=O)N3CCCC[C@H]3C(=O)O[C@H](/C(C)=C/[C@@H]3CCC[C@H](OC)C3)[C@H](C)[C@@H](O)CC1=N)[C@H](C)C[C@@H]2OC. The van der Waals surface area contributed by atoms with E-state index in [0.717, 1.165) is 36.8 Å². The maximum absolute atomic E-state index is 14.3. The topological polar surface area (TPSA) is 185 Å². The highest BCUT2D eigenvalue weighted by molar-refractivity contribution is 6.39. The van der Waals surface area contributed by atoms with Gasteiger partial charge in [-0.2, -0.15) is 0 Å². The third-order valence-corrected chi connectivity index (χ3v) is 12.9. The van der Waals surface area contributed by atoms with Crippen molar-refractivity contribution in [3.05, 3.63) is 23.3 Å². The first-order valence-corrected chi connectivity index (χ1v) is 21.7. The molecule has 4 aliphatic rings. The zero-order valence-corrected chi connectivity index (χ0v) is 37.1. The number of piperidine rings is 1. The molecule has 2 saturated heterocycles. The van der Waals surface area contributed by atoms with E-state index in [0.29, 0.717) is 37.8 Å². The van der Waals surface area contributed by atoms with E-state index >= 15 is 0 Å². The highest BCUT2D eigenvalue weighted by Crippen LogP contribution is 2.39. The van der Waals surface area contributed by atoms with Gasteiger partial charge in [-0.25, -0.2) is 4.79 Å². The number of carbonyl (C=O) groups is 3. The van der Waals surface area contributed by atoms with Gasteiger partial charge < -0.3 is 49.3 Å². The van der Waals surface area contributed by atoms with Crippen molar-refractivity contribution in [3.63, 3.8) is 0 Å². The smallest absolute Gasteiger partial charge is 0.329 e. The second-order valence-electron chi connectivity index (χ2n) is 17.4. The van der Waals surface area contributed by atoms with Gasteiger partial charge in [0.2, 0.25) is 5.79 Å². The average molecular weight is 831 g/mol. The first-order valence-electron chi connectivity index (χ1n) is 21.7. The molecule has 0 spiro atoms. The molecule has 4 N–H and O–H groups in total. The number of rotatable bonds is 6. The number of hydrogen-bond donors (Lipinski definition) is 4. The quantitative estimate of drug-likeness (QED) is 0.114. The van der Waals surface area contributed by atoms with Crippen LogP contribution in [-0.2, 0) is 38.1 Å². The number of fused-ring (bicyclic) bond motifs is 3. The van der Waals surface area contributed by atoms with Crippen molar-refractivity contribution in [1.82, 2.24) is 4.90 Å². The lowest BCUT2D eigenvalue weighted by atomic mass is 9.82. The number of esters is 1. The molecule has 2 bridgehead atoms. The highest BCUT2D eigenvalue weighted by atomic mass is 16.7. The van der Waals surface area contributed by atoms with Gasteiger partial charge in [-0.15, -0.1) is 6.42 Å². The Morgan fingerprint density at radius 3 is 2.29 bits per heavy atom. The lowest BCUT2D eigenvalue weighted by Crippen LogP contribution is -2.64. The fraction of sp³-hybridized carbons (Fsp3) is 0.783. The summed E-state index contributed by atoms with van der Waals surface area (Å²) in [5.41, 5.74) is 2.29. The number of nitrogens with one attached hydrogen (secondary N) is 1. The normalized spacial score (nSPS) is 38.3. The number of ether oxygens (including phenoxy) is 5. The fourth-order valence-corrected chi connectivity index (χ4v) is 9.43. The van der Waals surface area contributed by atoms with E-state index < -0.39 is 71.8 Å². The number of cyclic esters (lactones) is 1. The van der Waals surface area contributed by atoms with Crippen molar-refractivity contribution in [2.24, 2.45) is 29.6 Å². The van der Waals surface area contributed by atoms with Gasteiger partial charge in [0, 0.05) is 57.8 Å². The lowest BCUT2D eigenvalue weighted by molar-refractivity contribution is -0.302. The van der Waals surface area contributed by atoms with E-state index in [-0.39, 0.29) is 56.3 Å². The van der Waals surface area contributed by atoms with Crippen molar-refractivity contribution in [3.8, 4) is 12.3 Å². The summed E-state index contributed by atoms with van der Waals surface area (Å²) in [7, 11) is 4.84. The van der Waals surface area contributed by atoms with Gasteiger partial charge in [0.15, 0.2) is 0 Å². The maximum atomic E-state index is 14.3. The first kappa shape index (κ1) is 50.4. The van der Waals surface area contributed by atoms with Gasteiger partial charge >= 0.3 is 5.97 Å². The first-order chi connectivity index (χ1) is 28.0. The van der Waals surface area contributed by atoms with Crippen molar-refractivity contribution < 1.29 is 53.4 Å². The summed E-state index contributed by atoms with van der Waals surface area (Å²) < 4.78 is 30.0. The lowest BCUT2D eigenvalue weighted by Gasteiger charge is -2.47. The number of terminal acetylenes is 1. The minimum absolute atomic E-state index is 0.0922. The molecule has 3 heterocycles. The molecule has 13 nitrogen and oxygen atoms in total. The number of nitrogens with zero attached hydrogens (tertiary/aromatic N) is 1. The molecule has 1 saturated carbocycles. The Bertz CT molecular complexity index is 1510. The fourth-order valence-electron chi connectivity index (χ4n) is 9.43. The van der Waals surface area contributed by atoms with E-state index in [1.807, 2.05) is 33.6 Å². The van der Waals surface area contributed by atoms with Gasteiger partial charge in [0.1, 0.15) is 24.9 Å². The average Bonchev–Trinajstić information content (AvgIpc) is 3.23. The van der Waals surface area contributed by atoms with E-state index in [4.69, 9.17) is 34.2 Å². The van der Waals surface area contributed by atoms with Crippen LogP contribution in [0.4, 0.5) is 0 Å². The third kappa shape index (κ3) is 13.3. The van der Waals surface area contributed by atoms with Crippen LogP contribution in [0.2, 0.25) is 0 Å². The molecule has 13 heteroatoms. The van der Waals surface area contributed by atoms with Gasteiger partial charge in [-0.1, -0.05) is 57.8 Å². The molecule has 0 unspecified atom stereocenters. The predicted molar refractivity (Wildman–Crippen MR) is 225 cm³/mol. The van der Waals surface area contributed by atoms with Crippen LogP contribution in [0.1, 0.15) is 119 Å². The molecule has 0 aromatic rings. The number of aliphatic hydroxyl groups is 3. The third-order valence-electron chi connectivity index (χ3n) is 12.9. The molecule has 0 radical (unpaired) electrons. The number of amides is 1. The Kier molecular flexibility index (Phi) is 20.4. The minimum Gasteiger partial charge on any atom is -0.456 e. The summed E-state index contributed by atoms with van der Waals surface area (Å²) in [6.07, 6.45) is 12.7. The van der Waals surface area contributed by atoms with Crippen LogP contribution >= 0.6 is 0 Å². The minimum atomic E-state index is -2.47. The Morgan fingerprint density at radius 1 is 1.02 bits per heavy atom. The maximum Gasteiger partial charge on any atom is 0.329 e. The molecule has 0 aromatic carbocycles. The molecule has 1 amide bonds. The molecule has 3 aliphatic heterocycles. The van der Waals surface area contributed by atoms with Crippen molar-refractivity contribution in [1.29, 1.82) is 5.41 Å². The number of allylic oxidation sites excluding steroid dienone is 3. The Balaban J connectivity index is 0.00000222. The van der Waals surface area contributed by atoms with Gasteiger partial charge in [-0.3, -0.25) is 9.59 Å². The second-order valence-corrected chi connectivity index (χ2v) is 17.4. The zero-order valence-electron chi connectivity index (χ0n) is 37.1. The molecule has 334 valence electrons. The molecule has 59 heavy (non-hydrogen) atoms. The number of carbonyl (C=O) groups excluding carboxylic acids is 3. The van der Waals surface area contributed by atoms with E-state index in [9.17, 15) is 24.6 Å². The van der Waals surface area contributed by atoms with Gasteiger partial charge in [-0.05, 0) is 95.5 Å².